The Morgan fingerprint density at radius 1 is 1.53 bits per heavy atom. The lowest BCUT2D eigenvalue weighted by atomic mass is 10.3. The van der Waals surface area contributed by atoms with Crippen LogP contribution >= 0.6 is 34.3 Å². The minimum absolute atomic E-state index is 0.0262. The van der Waals surface area contributed by atoms with Crippen LogP contribution in [-0.4, -0.2) is 9.91 Å². The van der Waals surface area contributed by atoms with Crippen LogP contribution in [0.15, 0.2) is 18.3 Å². The molecule has 2 aromatic heterocycles. The smallest absolute Gasteiger partial charge is 0.345 e. The molecule has 17 heavy (non-hydrogen) atoms. The van der Waals surface area contributed by atoms with Crippen molar-refractivity contribution in [1.82, 2.24) is 4.98 Å². The standard InChI is InChI=1S/C9H8ClN3O2S2/c1-5(6-2-3-7(10)16-6)12-9-11-4-8(17-9)13(14)15/h2-5H,1H3,(H,11,12). The molecule has 2 heterocycles. The number of hydrogen-bond acceptors (Lipinski definition) is 6. The zero-order chi connectivity index (χ0) is 12.4. The van der Waals surface area contributed by atoms with E-state index in [0.717, 1.165) is 20.6 Å². The van der Waals surface area contributed by atoms with Crippen molar-refractivity contribution in [2.24, 2.45) is 0 Å². The molecule has 0 spiro atoms. The minimum atomic E-state index is -0.449. The number of halogens is 1. The molecule has 0 saturated carbocycles. The van der Waals surface area contributed by atoms with E-state index >= 15 is 0 Å². The number of anilines is 1. The molecule has 8 heteroatoms. The molecule has 2 aromatic rings. The lowest BCUT2D eigenvalue weighted by Crippen LogP contribution is -2.03. The number of nitro groups is 1. The molecule has 0 aliphatic rings. The largest absolute Gasteiger partial charge is 0.354 e. The third kappa shape index (κ3) is 2.93. The Labute approximate surface area is 110 Å². The number of aromatic nitrogens is 1. The molecule has 0 aliphatic carbocycles. The summed E-state index contributed by atoms with van der Waals surface area (Å²) in [5, 5.41) is 14.2. The van der Waals surface area contributed by atoms with E-state index in [2.05, 4.69) is 10.3 Å². The lowest BCUT2D eigenvalue weighted by Gasteiger charge is -2.09. The number of thiophene rings is 1. The summed E-state index contributed by atoms with van der Waals surface area (Å²) < 4.78 is 0.721. The molecule has 1 N–H and O–H groups in total. The molecule has 0 bridgehead atoms. The van der Waals surface area contributed by atoms with E-state index in [4.69, 9.17) is 11.6 Å². The first-order valence-corrected chi connectivity index (χ1v) is 6.69. The summed E-state index contributed by atoms with van der Waals surface area (Å²) in [7, 11) is 0. The Bertz CT molecular complexity index is 540. The predicted molar refractivity (Wildman–Crippen MR) is 70.1 cm³/mol. The van der Waals surface area contributed by atoms with E-state index < -0.39 is 4.92 Å². The zero-order valence-corrected chi connectivity index (χ0v) is 11.1. The highest BCUT2D eigenvalue weighted by atomic mass is 35.5. The van der Waals surface area contributed by atoms with Crippen LogP contribution in [0, 0.1) is 10.1 Å². The van der Waals surface area contributed by atoms with Gasteiger partial charge in [0.25, 0.3) is 0 Å². The lowest BCUT2D eigenvalue weighted by molar-refractivity contribution is -0.380. The maximum atomic E-state index is 10.5. The van der Waals surface area contributed by atoms with Crippen molar-refractivity contribution >= 4 is 44.4 Å². The van der Waals surface area contributed by atoms with Gasteiger partial charge in [-0.25, -0.2) is 4.98 Å². The first-order chi connectivity index (χ1) is 8.06. The molecule has 2 rings (SSSR count). The van der Waals surface area contributed by atoms with Crippen LogP contribution in [-0.2, 0) is 0 Å². The first kappa shape index (κ1) is 12.3. The van der Waals surface area contributed by atoms with Gasteiger partial charge in [-0.05, 0) is 30.4 Å². The molecule has 1 atom stereocenters. The van der Waals surface area contributed by atoms with Gasteiger partial charge in [0.05, 0.1) is 15.3 Å². The highest BCUT2D eigenvalue weighted by Crippen LogP contribution is 2.31. The van der Waals surface area contributed by atoms with Crippen molar-refractivity contribution in [1.29, 1.82) is 0 Å². The van der Waals surface area contributed by atoms with Crippen LogP contribution in [0.2, 0.25) is 4.34 Å². The number of nitrogens with one attached hydrogen (secondary N) is 1. The minimum Gasteiger partial charge on any atom is -0.354 e. The predicted octanol–water partition coefficient (Wildman–Crippen LogP) is 3.94. The second-order valence-electron chi connectivity index (χ2n) is 3.27. The molecule has 0 aromatic carbocycles. The Kier molecular flexibility index (Phi) is 3.60. The Balaban J connectivity index is 2.07. The molecule has 0 amide bonds. The molecule has 1 unspecified atom stereocenters. The van der Waals surface area contributed by atoms with Crippen LogP contribution in [0.1, 0.15) is 17.8 Å². The van der Waals surface area contributed by atoms with Crippen LogP contribution in [0.5, 0.6) is 0 Å². The van der Waals surface area contributed by atoms with Crippen LogP contribution in [0.4, 0.5) is 10.1 Å². The summed E-state index contributed by atoms with van der Waals surface area (Å²) in [5.41, 5.74) is 0. The number of hydrogen-bond donors (Lipinski definition) is 1. The first-order valence-electron chi connectivity index (χ1n) is 4.68. The maximum Gasteiger partial charge on any atom is 0.345 e. The average molecular weight is 290 g/mol. The summed E-state index contributed by atoms with van der Waals surface area (Å²) in [6.07, 6.45) is 1.25. The van der Waals surface area contributed by atoms with E-state index in [9.17, 15) is 10.1 Å². The van der Waals surface area contributed by atoms with Crippen molar-refractivity contribution in [3.8, 4) is 0 Å². The second-order valence-corrected chi connectivity index (χ2v) is 6.02. The average Bonchev–Trinajstić information content (AvgIpc) is 2.86. The molecule has 0 saturated heterocycles. The number of rotatable bonds is 4. The summed E-state index contributed by atoms with van der Waals surface area (Å²) in [4.78, 5) is 15.1. The fourth-order valence-electron chi connectivity index (χ4n) is 1.23. The molecular formula is C9H8ClN3O2S2. The van der Waals surface area contributed by atoms with Gasteiger partial charge in [-0.2, -0.15) is 0 Å². The van der Waals surface area contributed by atoms with Crippen LogP contribution in [0.3, 0.4) is 0 Å². The SMILES string of the molecule is CC(Nc1ncc([N+](=O)[O-])s1)c1ccc(Cl)s1. The summed E-state index contributed by atoms with van der Waals surface area (Å²) in [6, 6.07) is 3.77. The monoisotopic (exact) mass is 289 g/mol. The Morgan fingerprint density at radius 2 is 2.29 bits per heavy atom. The summed E-state index contributed by atoms with van der Waals surface area (Å²) in [6.45, 7) is 1.95. The van der Waals surface area contributed by atoms with Crippen molar-refractivity contribution in [2.45, 2.75) is 13.0 Å². The molecule has 0 radical (unpaired) electrons. The normalized spacial score (nSPS) is 12.4. The summed E-state index contributed by atoms with van der Waals surface area (Å²) >= 11 is 8.34. The molecule has 5 nitrogen and oxygen atoms in total. The van der Waals surface area contributed by atoms with Crippen molar-refractivity contribution < 1.29 is 4.92 Å². The third-order valence-corrected chi connectivity index (χ3v) is 4.33. The van der Waals surface area contributed by atoms with Gasteiger partial charge in [-0.1, -0.05) is 11.6 Å². The molecule has 90 valence electrons. The van der Waals surface area contributed by atoms with Gasteiger partial charge in [0.15, 0.2) is 5.13 Å². The fraction of sp³-hybridized carbons (Fsp3) is 0.222. The number of nitrogens with zero attached hydrogens (tertiary/aromatic N) is 2. The van der Waals surface area contributed by atoms with Gasteiger partial charge in [-0.3, -0.25) is 10.1 Å². The third-order valence-electron chi connectivity index (χ3n) is 2.03. The van der Waals surface area contributed by atoms with Gasteiger partial charge < -0.3 is 5.32 Å². The van der Waals surface area contributed by atoms with Crippen LogP contribution in [0.25, 0.3) is 0 Å². The van der Waals surface area contributed by atoms with Gasteiger partial charge in [-0.15, -0.1) is 11.3 Å². The zero-order valence-electron chi connectivity index (χ0n) is 8.71. The molecule has 0 fully saturated rings. The highest BCUT2D eigenvalue weighted by molar-refractivity contribution is 7.18. The van der Waals surface area contributed by atoms with Crippen molar-refractivity contribution in [2.75, 3.05) is 5.32 Å². The maximum absolute atomic E-state index is 10.5. The van der Waals surface area contributed by atoms with E-state index in [1.165, 1.54) is 17.5 Å². The van der Waals surface area contributed by atoms with Gasteiger partial charge >= 0.3 is 5.00 Å². The fourth-order valence-corrected chi connectivity index (χ4v) is 3.02. The van der Waals surface area contributed by atoms with Crippen molar-refractivity contribution in [3.05, 3.63) is 37.7 Å². The van der Waals surface area contributed by atoms with Gasteiger partial charge in [0.1, 0.15) is 6.20 Å². The molecular weight excluding hydrogens is 282 g/mol. The Morgan fingerprint density at radius 3 is 2.82 bits per heavy atom. The summed E-state index contributed by atoms with van der Waals surface area (Å²) in [5.74, 6) is 0. The molecule has 0 aliphatic heterocycles. The van der Waals surface area contributed by atoms with Crippen LogP contribution < -0.4 is 5.32 Å². The second kappa shape index (κ2) is 4.99. The highest BCUT2D eigenvalue weighted by Gasteiger charge is 2.14. The number of thiazole rings is 1. The quantitative estimate of drug-likeness (QED) is 0.684. The van der Waals surface area contributed by atoms with Crippen molar-refractivity contribution in [3.63, 3.8) is 0 Å². The van der Waals surface area contributed by atoms with E-state index in [1.807, 2.05) is 19.1 Å². The van der Waals surface area contributed by atoms with Gasteiger partial charge in [0.2, 0.25) is 0 Å². The van der Waals surface area contributed by atoms with E-state index in [0.29, 0.717) is 5.13 Å². The van der Waals surface area contributed by atoms with E-state index in [1.54, 1.807) is 0 Å². The Hall–Kier alpha value is -1.18. The topological polar surface area (TPSA) is 68.1 Å². The van der Waals surface area contributed by atoms with Gasteiger partial charge in [0, 0.05) is 4.88 Å². The van der Waals surface area contributed by atoms with E-state index in [-0.39, 0.29) is 11.0 Å².